The number of ether oxygens (including phenoxy) is 1. The minimum Gasteiger partial charge on any atom is -0.452 e. The minimum atomic E-state index is -4.01. The van der Waals surface area contributed by atoms with Crippen LogP contribution in [0.15, 0.2) is 29.2 Å². The molecule has 0 saturated heterocycles. The molecule has 1 aromatic carbocycles. The summed E-state index contributed by atoms with van der Waals surface area (Å²) in [4.78, 5) is 23.9. The fourth-order valence-corrected chi connectivity index (χ4v) is 3.29. The lowest BCUT2D eigenvalue weighted by atomic mass is 10.3. The third-order valence-corrected chi connectivity index (χ3v) is 5.38. The van der Waals surface area contributed by atoms with Crippen molar-refractivity contribution in [3.63, 3.8) is 0 Å². The second kappa shape index (κ2) is 8.48. The molecule has 0 fully saturated rings. The first-order valence-corrected chi connectivity index (χ1v) is 9.75. The SMILES string of the molecule is Cc1nn(C)c(C)c1NC(=O)[C@H](C)OC(=O)CNS(=O)(=O)c1ccc(F)cc1. The summed E-state index contributed by atoms with van der Waals surface area (Å²) in [6.45, 7) is 4.19. The molecule has 1 amide bonds. The molecule has 152 valence electrons. The van der Waals surface area contributed by atoms with Crippen LogP contribution in [0.4, 0.5) is 10.1 Å². The zero-order valence-corrected chi connectivity index (χ0v) is 16.6. The molecule has 1 heterocycles. The van der Waals surface area contributed by atoms with Gasteiger partial charge < -0.3 is 10.1 Å². The molecule has 2 N–H and O–H groups in total. The van der Waals surface area contributed by atoms with Gasteiger partial charge in [0.1, 0.15) is 12.4 Å². The fraction of sp³-hybridized carbons (Fsp3) is 0.353. The summed E-state index contributed by atoms with van der Waals surface area (Å²) in [5.41, 5.74) is 1.86. The Hall–Kier alpha value is -2.79. The van der Waals surface area contributed by atoms with Crippen LogP contribution < -0.4 is 10.0 Å². The molecule has 1 atom stereocenters. The Bertz CT molecular complexity index is 986. The van der Waals surface area contributed by atoms with E-state index in [0.717, 1.165) is 30.0 Å². The van der Waals surface area contributed by atoms with Gasteiger partial charge in [-0.15, -0.1) is 0 Å². The van der Waals surface area contributed by atoms with E-state index in [1.54, 1.807) is 25.6 Å². The van der Waals surface area contributed by atoms with E-state index in [0.29, 0.717) is 11.4 Å². The molecule has 0 aliphatic heterocycles. The predicted molar refractivity (Wildman–Crippen MR) is 98.5 cm³/mol. The average molecular weight is 412 g/mol. The van der Waals surface area contributed by atoms with Gasteiger partial charge in [0.05, 0.1) is 22.0 Å². The van der Waals surface area contributed by atoms with Gasteiger partial charge in [-0.1, -0.05) is 0 Å². The number of amides is 1. The molecule has 2 rings (SSSR count). The topological polar surface area (TPSA) is 119 Å². The predicted octanol–water partition coefficient (Wildman–Crippen LogP) is 1.02. The third kappa shape index (κ3) is 5.14. The van der Waals surface area contributed by atoms with E-state index < -0.39 is 40.4 Å². The van der Waals surface area contributed by atoms with E-state index in [1.807, 2.05) is 4.72 Å². The summed E-state index contributed by atoms with van der Waals surface area (Å²) in [6, 6.07) is 4.11. The van der Waals surface area contributed by atoms with Crippen LogP contribution in [0.2, 0.25) is 0 Å². The van der Waals surface area contributed by atoms with E-state index in [4.69, 9.17) is 4.74 Å². The number of rotatable bonds is 7. The molecule has 0 radical (unpaired) electrons. The highest BCUT2D eigenvalue weighted by Gasteiger charge is 2.22. The number of carbonyl (C=O) groups excluding carboxylic acids is 2. The van der Waals surface area contributed by atoms with Gasteiger partial charge >= 0.3 is 5.97 Å². The van der Waals surface area contributed by atoms with Gasteiger partial charge in [-0.3, -0.25) is 14.3 Å². The number of hydrogen-bond donors (Lipinski definition) is 2. The van der Waals surface area contributed by atoms with E-state index in [1.165, 1.54) is 6.92 Å². The molecule has 0 aliphatic carbocycles. The highest BCUT2D eigenvalue weighted by atomic mass is 32.2. The van der Waals surface area contributed by atoms with Crippen molar-refractivity contribution in [2.75, 3.05) is 11.9 Å². The Balaban J connectivity index is 1.91. The lowest BCUT2D eigenvalue weighted by Gasteiger charge is -2.14. The standard InChI is InChI=1S/C17H21FN4O5S/c1-10-16(11(2)22(4)21-10)20-17(24)12(3)27-15(23)9-19-28(25,26)14-7-5-13(18)6-8-14/h5-8,12,19H,9H2,1-4H3,(H,20,24)/t12-/m0/s1. The van der Waals surface area contributed by atoms with E-state index in [2.05, 4.69) is 10.4 Å². The Morgan fingerprint density at radius 3 is 2.39 bits per heavy atom. The van der Waals surface area contributed by atoms with Crippen molar-refractivity contribution >= 4 is 27.6 Å². The van der Waals surface area contributed by atoms with Gasteiger partial charge in [0.2, 0.25) is 10.0 Å². The molecule has 1 aromatic heterocycles. The van der Waals surface area contributed by atoms with Gasteiger partial charge in [0, 0.05) is 7.05 Å². The summed E-state index contributed by atoms with van der Waals surface area (Å²) in [5, 5.41) is 6.80. The van der Waals surface area contributed by atoms with Crippen LogP contribution in [0.25, 0.3) is 0 Å². The number of carbonyl (C=O) groups is 2. The number of halogens is 1. The van der Waals surface area contributed by atoms with Gasteiger partial charge in [0.15, 0.2) is 6.10 Å². The molecule has 9 nitrogen and oxygen atoms in total. The first-order chi connectivity index (χ1) is 13.0. The number of aryl methyl sites for hydroxylation is 2. The Labute approximate surface area is 161 Å². The monoisotopic (exact) mass is 412 g/mol. The number of sulfonamides is 1. The van der Waals surface area contributed by atoms with Crippen molar-refractivity contribution in [1.29, 1.82) is 0 Å². The maximum Gasteiger partial charge on any atom is 0.321 e. The molecule has 0 aliphatic rings. The quantitative estimate of drug-likeness (QED) is 0.656. The van der Waals surface area contributed by atoms with Gasteiger partial charge in [-0.2, -0.15) is 9.82 Å². The van der Waals surface area contributed by atoms with Crippen LogP contribution >= 0.6 is 0 Å². The number of benzene rings is 1. The molecule has 11 heteroatoms. The number of esters is 1. The highest BCUT2D eigenvalue weighted by molar-refractivity contribution is 7.89. The maximum atomic E-state index is 12.9. The number of nitrogens with one attached hydrogen (secondary N) is 2. The van der Waals surface area contributed by atoms with Crippen molar-refractivity contribution in [2.45, 2.75) is 31.8 Å². The smallest absolute Gasteiger partial charge is 0.321 e. The Morgan fingerprint density at radius 1 is 1.25 bits per heavy atom. The Morgan fingerprint density at radius 2 is 1.86 bits per heavy atom. The van der Waals surface area contributed by atoms with Gasteiger partial charge in [-0.05, 0) is 45.0 Å². The molecular weight excluding hydrogens is 391 g/mol. The summed E-state index contributed by atoms with van der Waals surface area (Å²) < 4.78 is 45.6. The number of nitrogens with zero attached hydrogens (tertiary/aromatic N) is 2. The first kappa shape index (κ1) is 21.5. The lowest BCUT2D eigenvalue weighted by molar-refractivity contribution is -0.151. The molecule has 28 heavy (non-hydrogen) atoms. The van der Waals surface area contributed by atoms with Crippen molar-refractivity contribution in [3.8, 4) is 0 Å². The van der Waals surface area contributed by atoms with Crippen LogP contribution in [0.3, 0.4) is 0 Å². The zero-order valence-electron chi connectivity index (χ0n) is 15.8. The number of hydrogen-bond acceptors (Lipinski definition) is 6. The van der Waals surface area contributed by atoms with E-state index in [9.17, 15) is 22.4 Å². The second-order valence-electron chi connectivity index (χ2n) is 6.07. The largest absolute Gasteiger partial charge is 0.452 e. The number of aromatic nitrogens is 2. The summed E-state index contributed by atoms with van der Waals surface area (Å²) in [5.74, 6) is -2.10. The molecular formula is C17H21FN4O5S. The van der Waals surface area contributed by atoms with Crippen LogP contribution in [0, 0.1) is 19.7 Å². The van der Waals surface area contributed by atoms with Crippen LogP contribution in [0.5, 0.6) is 0 Å². The van der Waals surface area contributed by atoms with Crippen molar-refractivity contribution in [3.05, 3.63) is 41.5 Å². The molecule has 0 saturated carbocycles. The molecule has 2 aromatic rings. The summed E-state index contributed by atoms with van der Waals surface area (Å²) in [6.07, 6.45) is -1.15. The lowest BCUT2D eigenvalue weighted by Crippen LogP contribution is -2.36. The molecule has 0 spiro atoms. The van der Waals surface area contributed by atoms with E-state index >= 15 is 0 Å². The Kier molecular flexibility index (Phi) is 6.52. The van der Waals surface area contributed by atoms with Gasteiger partial charge in [-0.25, -0.2) is 12.8 Å². The van der Waals surface area contributed by atoms with Crippen LogP contribution in [-0.2, 0) is 31.4 Å². The van der Waals surface area contributed by atoms with Crippen LogP contribution in [0.1, 0.15) is 18.3 Å². The average Bonchev–Trinajstić information content (AvgIpc) is 2.86. The van der Waals surface area contributed by atoms with Crippen molar-refractivity contribution in [1.82, 2.24) is 14.5 Å². The molecule has 0 unspecified atom stereocenters. The zero-order chi connectivity index (χ0) is 21.1. The highest BCUT2D eigenvalue weighted by Crippen LogP contribution is 2.18. The van der Waals surface area contributed by atoms with Crippen molar-refractivity contribution < 1.29 is 27.1 Å². The third-order valence-electron chi connectivity index (χ3n) is 3.97. The van der Waals surface area contributed by atoms with Crippen LogP contribution in [-0.4, -0.2) is 42.7 Å². The summed E-state index contributed by atoms with van der Waals surface area (Å²) in [7, 11) is -2.28. The second-order valence-corrected chi connectivity index (χ2v) is 7.84. The maximum absolute atomic E-state index is 12.9. The minimum absolute atomic E-state index is 0.199. The van der Waals surface area contributed by atoms with Gasteiger partial charge in [0.25, 0.3) is 5.91 Å². The van der Waals surface area contributed by atoms with E-state index in [-0.39, 0.29) is 4.90 Å². The molecule has 0 bridgehead atoms. The van der Waals surface area contributed by atoms with Crippen molar-refractivity contribution in [2.24, 2.45) is 7.05 Å². The summed E-state index contributed by atoms with van der Waals surface area (Å²) >= 11 is 0. The normalized spacial score (nSPS) is 12.5. The number of anilines is 1. The fourth-order valence-electron chi connectivity index (χ4n) is 2.32. The first-order valence-electron chi connectivity index (χ1n) is 8.27.